The number of aromatic nitrogens is 2. The van der Waals surface area contributed by atoms with E-state index in [0.717, 1.165) is 43.6 Å². The monoisotopic (exact) mass is 286 g/mol. The lowest BCUT2D eigenvalue weighted by Crippen LogP contribution is -2.37. The molecule has 19 heavy (non-hydrogen) atoms. The summed E-state index contributed by atoms with van der Waals surface area (Å²) in [6, 6.07) is 0.340. The summed E-state index contributed by atoms with van der Waals surface area (Å²) in [4.78, 5) is 14.3. The number of carbonyl (C=O) groups excluding carboxylic acids is 1. The van der Waals surface area contributed by atoms with Gasteiger partial charge in [-0.3, -0.25) is 9.48 Å². The van der Waals surface area contributed by atoms with E-state index in [1.807, 2.05) is 25.9 Å². The van der Waals surface area contributed by atoms with Crippen molar-refractivity contribution in [3.8, 4) is 0 Å². The average Bonchev–Trinajstić information content (AvgIpc) is 2.62. The Hall–Kier alpha value is -1.07. The molecule has 0 radical (unpaired) electrons. The van der Waals surface area contributed by atoms with Gasteiger partial charge in [0, 0.05) is 25.8 Å². The van der Waals surface area contributed by atoms with Crippen LogP contribution in [-0.4, -0.2) is 46.8 Å². The van der Waals surface area contributed by atoms with Crippen molar-refractivity contribution < 1.29 is 4.79 Å². The highest BCUT2D eigenvalue weighted by Crippen LogP contribution is 2.16. The summed E-state index contributed by atoms with van der Waals surface area (Å²) in [7, 11) is 3.77. The molecule has 1 aromatic rings. The molecule has 1 saturated heterocycles. The van der Waals surface area contributed by atoms with Gasteiger partial charge in [-0.05, 0) is 39.3 Å². The van der Waals surface area contributed by atoms with Crippen molar-refractivity contribution in [1.29, 1.82) is 0 Å². The van der Waals surface area contributed by atoms with E-state index in [1.54, 1.807) is 10.9 Å². The van der Waals surface area contributed by atoms with Crippen molar-refractivity contribution >= 4 is 18.3 Å². The minimum Gasteiger partial charge on any atom is -0.339 e. The third kappa shape index (κ3) is 3.48. The number of hydrogen-bond donors (Lipinski definition) is 1. The second kappa shape index (κ2) is 6.91. The Morgan fingerprint density at radius 1 is 1.47 bits per heavy atom. The van der Waals surface area contributed by atoms with Gasteiger partial charge in [0.1, 0.15) is 0 Å². The smallest absolute Gasteiger partial charge is 0.257 e. The number of amides is 1. The number of halogens is 1. The molecule has 0 spiro atoms. The minimum atomic E-state index is 0. The molecule has 0 aromatic carbocycles. The Labute approximate surface area is 120 Å². The van der Waals surface area contributed by atoms with E-state index in [2.05, 4.69) is 10.4 Å². The number of rotatable bonds is 2. The molecule has 1 unspecified atom stereocenters. The van der Waals surface area contributed by atoms with Crippen LogP contribution in [0.5, 0.6) is 0 Å². The predicted octanol–water partition coefficient (Wildman–Crippen LogP) is 1.36. The Kier molecular flexibility index (Phi) is 5.82. The van der Waals surface area contributed by atoms with Crippen LogP contribution in [0.4, 0.5) is 0 Å². The molecule has 1 atom stereocenters. The zero-order valence-electron chi connectivity index (χ0n) is 11.8. The molecule has 1 N–H and O–H groups in total. The summed E-state index contributed by atoms with van der Waals surface area (Å²) in [5.74, 6) is 0.0903. The SMILES string of the molecule is Cc1c(C(=O)N(C)C2CCCNCC2)cnn1C.Cl. The third-order valence-electron chi connectivity index (χ3n) is 3.88. The lowest BCUT2D eigenvalue weighted by atomic mass is 10.1. The second-order valence-corrected chi connectivity index (χ2v) is 5.02. The van der Waals surface area contributed by atoms with Gasteiger partial charge >= 0.3 is 0 Å². The Morgan fingerprint density at radius 3 is 2.84 bits per heavy atom. The van der Waals surface area contributed by atoms with Gasteiger partial charge in [0.25, 0.3) is 5.91 Å². The van der Waals surface area contributed by atoms with E-state index < -0.39 is 0 Å². The van der Waals surface area contributed by atoms with Crippen molar-refractivity contribution in [1.82, 2.24) is 20.0 Å². The quantitative estimate of drug-likeness (QED) is 0.893. The van der Waals surface area contributed by atoms with E-state index in [-0.39, 0.29) is 18.3 Å². The fraction of sp³-hybridized carbons (Fsp3) is 0.692. The van der Waals surface area contributed by atoms with Gasteiger partial charge in [0.2, 0.25) is 0 Å². The molecule has 1 aliphatic rings. The molecule has 108 valence electrons. The molecule has 2 heterocycles. The van der Waals surface area contributed by atoms with Crippen LogP contribution in [-0.2, 0) is 7.05 Å². The highest BCUT2D eigenvalue weighted by Gasteiger charge is 2.24. The van der Waals surface area contributed by atoms with Crippen molar-refractivity contribution in [3.05, 3.63) is 17.5 Å². The molecule has 2 rings (SSSR count). The number of nitrogens with zero attached hydrogens (tertiary/aromatic N) is 3. The van der Waals surface area contributed by atoms with Crippen LogP contribution >= 0.6 is 12.4 Å². The fourth-order valence-electron chi connectivity index (χ4n) is 2.45. The van der Waals surface area contributed by atoms with Crippen LogP contribution < -0.4 is 5.32 Å². The van der Waals surface area contributed by atoms with Crippen LogP contribution in [0.3, 0.4) is 0 Å². The maximum Gasteiger partial charge on any atom is 0.257 e. The molecule has 1 aromatic heterocycles. The molecule has 1 fully saturated rings. The standard InChI is InChI=1S/C13H22N4O.ClH/c1-10-12(9-15-17(10)3)13(18)16(2)11-5-4-7-14-8-6-11;/h9,11,14H,4-8H2,1-3H3;1H. The second-order valence-electron chi connectivity index (χ2n) is 5.02. The first-order chi connectivity index (χ1) is 8.61. The topological polar surface area (TPSA) is 50.2 Å². The molecule has 5 nitrogen and oxygen atoms in total. The molecule has 6 heteroatoms. The fourth-order valence-corrected chi connectivity index (χ4v) is 2.45. The molecule has 0 saturated carbocycles. The van der Waals surface area contributed by atoms with E-state index >= 15 is 0 Å². The first-order valence-electron chi connectivity index (χ1n) is 6.57. The number of nitrogens with one attached hydrogen (secondary N) is 1. The molecular weight excluding hydrogens is 264 g/mol. The molecule has 1 aliphatic heterocycles. The van der Waals surface area contributed by atoms with Crippen LogP contribution in [0, 0.1) is 6.92 Å². The van der Waals surface area contributed by atoms with Gasteiger partial charge in [-0.2, -0.15) is 5.10 Å². The highest BCUT2D eigenvalue weighted by atomic mass is 35.5. The van der Waals surface area contributed by atoms with Crippen molar-refractivity contribution in [2.45, 2.75) is 32.2 Å². The summed E-state index contributed by atoms with van der Waals surface area (Å²) in [6.45, 7) is 3.99. The normalized spacial score (nSPS) is 19.4. The minimum absolute atomic E-state index is 0. The van der Waals surface area contributed by atoms with Crippen molar-refractivity contribution in [2.75, 3.05) is 20.1 Å². The van der Waals surface area contributed by atoms with Gasteiger partial charge in [0.15, 0.2) is 0 Å². The number of carbonyl (C=O) groups is 1. The van der Waals surface area contributed by atoms with E-state index in [0.29, 0.717) is 6.04 Å². The molecule has 0 bridgehead atoms. The van der Waals surface area contributed by atoms with Gasteiger partial charge in [-0.15, -0.1) is 12.4 Å². The van der Waals surface area contributed by atoms with Gasteiger partial charge in [0.05, 0.1) is 11.8 Å². The summed E-state index contributed by atoms with van der Waals surface area (Å²) in [6.07, 6.45) is 4.91. The van der Waals surface area contributed by atoms with Crippen LogP contribution in [0.1, 0.15) is 35.3 Å². The van der Waals surface area contributed by atoms with Gasteiger partial charge < -0.3 is 10.2 Å². The lowest BCUT2D eigenvalue weighted by molar-refractivity contribution is 0.0719. The molecule has 1 amide bonds. The lowest BCUT2D eigenvalue weighted by Gasteiger charge is -2.26. The highest BCUT2D eigenvalue weighted by molar-refractivity contribution is 5.95. The Bertz CT molecular complexity index is 424. The Balaban J connectivity index is 0.00000180. The summed E-state index contributed by atoms with van der Waals surface area (Å²) < 4.78 is 1.75. The third-order valence-corrected chi connectivity index (χ3v) is 3.88. The summed E-state index contributed by atoms with van der Waals surface area (Å²) in [5.41, 5.74) is 1.65. The van der Waals surface area contributed by atoms with E-state index in [4.69, 9.17) is 0 Å². The van der Waals surface area contributed by atoms with Gasteiger partial charge in [-0.1, -0.05) is 0 Å². The van der Waals surface area contributed by atoms with E-state index in [9.17, 15) is 4.79 Å². The number of hydrogen-bond acceptors (Lipinski definition) is 3. The maximum absolute atomic E-state index is 12.4. The van der Waals surface area contributed by atoms with Crippen LogP contribution in [0.2, 0.25) is 0 Å². The first kappa shape index (κ1) is 16.0. The van der Waals surface area contributed by atoms with Crippen molar-refractivity contribution in [3.63, 3.8) is 0 Å². The average molecular weight is 287 g/mol. The molecule has 0 aliphatic carbocycles. The maximum atomic E-state index is 12.4. The van der Waals surface area contributed by atoms with Crippen molar-refractivity contribution in [2.24, 2.45) is 7.05 Å². The molecular formula is C13H23ClN4O. The largest absolute Gasteiger partial charge is 0.339 e. The summed E-state index contributed by atoms with van der Waals surface area (Å²) >= 11 is 0. The number of aryl methyl sites for hydroxylation is 1. The summed E-state index contributed by atoms with van der Waals surface area (Å²) in [5, 5.41) is 7.51. The van der Waals surface area contributed by atoms with E-state index in [1.165, 1.54) is 0 Å². The predicted molar refractivity (Wildman–Crippen MR) is 77.8 cm³/mol. The zero-order chi connectivity index (χ0) is 13.1. The van der Waals surface area contributed by atoms with Gasteiger partial charge in [-0.25, -0.2) is 0 Å². The first-order valence-corrected chi connectivity index (χ1v) is 6.57. The Morgan fingerprint density at radius 2 is 2.21 bits per heavy atom. The van der Waals surface area contributed by atoms with Crippen LogP contribution in [0.25, 0.3) is 0 Å². The zero-order valence-corrected chi connectivity index (χ0v) is 12.7. The van der Waals surface area contributed by atoms with Crippen LogP contribution in [0.15, 0.2) is 6.20 Å².